The summed E-state index contributed by atoms with van der Waals surface area (Å²) >= 11 is 0. The fourth-order valence-electron chi connectivity index (χ4n) is 2.85. The van der Waals surface area contributed by atoms with Crippen LogP contribution < -0.4 is 9.04 Å². The zero-order valence-electron chi connectivity index (χ0n) is 17.6. The summed E-state index contributed by atoms with van der Waals surface area (Å²) in [5.41, 5.74) is -7.50. The summed E-state index contributed by atoms with van der Waals surface area (Å²) < 4.78 is 75.2. The number of hydrogen-bond donors (Lipinski definition) is 0. The maximum absolute atomic E-state index is 13.6. The second-order valence-corrected chi connectivity index (χ2v) is 8.42. The fraction of sp³-hybridized carbons (Fsp3) is 0.143. The number of esters is 1. The van der Waals surface area contributed by atoms with Crippen molar-refractivity contribution in [3.05, 3.63) is 77.6 Å². The van der Waals surface area contributed by atoms with Crippen LogP contribution in [0.15, 0.2) is 60.9 Å². The van der Waals surface area contributed by atoms with E-state index in [1.165, 1.54) is 49.6 Å². The lowest BCUT2D eigenvalue weighted by Gasteiger charge is -2.26. The van der Waals surface area contributed by atoms with E-state index in [0.29, 0.717) is 0 Å². The SMILES string of the molecule is COC(=O)c1cc(Oc2ncccn2)ccc1N(C(=O)c1ccccc1C)S(=O)(=O)C(F)(F)F. The number of carbonyl (C=O) groups is 2. The van der Waals surface area contributed by atoms with E-state index in [-0.39, 0.29) is 22.9 Å². The van der Waals surface area contributed by atoms with Crippen LogP contribution >= 0.6 is 0 Å². The van der Waals surface area contributed by atoms with Crippen LogP contribution in [0.2, 0.25) is 0 Å². The molecule has 1 amide bonds. The predicted molar refractivity (Wildman–Crippen MR) is 113 cm³/mol. The molecule has 0 saturated heterocycles. The number of ether oxygens (including phenoxy) is 2. The minimum atomic E-state index is -6.28. The number of benzene rings is 2. The number of aromatic nitrogens is 2. The van der Waals surface area contributed by atoms with Crippen LogP contribution in [-0.4, -0.2) is 42.9 Å². The number of rotatable bonds is 6. The molecule has 9 nitrogen and oxygen atoms in total. The van der Waals surface area contributed by atoms with Crippen molar-refractivity contribution >= 4 is 27.6 Å². The Morgan fingerprint density at radius 2 is 1.62 bits per heavy atom. The summed E-state index contributed by atoms with van der Waals surface area (Å²) in [6.45, 7) is 1.42. The van der Waals surface area contributed by atoms with Crippen LogP contribution in [-0.2, 0) is 14.8 Å². The summed E-state index contributed by atoms with van der Waals surface area (Å²) in [6.07, 6.45) is 2.72. The van der Waals surface area contributed by atoms with Crippen molar-refractivity contribution < 1.29 is 40.7 Å². The molecule has 1 heterocycles. The quantitative estimate of drug-likeness (QED) is 0.474. The molecule has 34 heavy (non-hydrogen) atoms. The number of hydrogen-bond acceptors (Lipinski definition) is 8. The van der Waals surface area contributed by atoms with Crippen molar-refractivity contribution in [1.29, 1.82) is 0 Å². The van der Waals surface area contributed by atoms with Gasteiger partial charge in [0.25, 0.3) is 5.91 Å². The first-order chi connectivity index (χ1) is 16.0. The molecule has 13 heteroatoms. The summed E-state index contributed by atoms with van der Waals surface area (Å²) in [5.74, 6) is -2.85. The summed E-state index contributed by atoms with van der Waals surface area (Å²) in [6, 6.07) is 9.62. The van der Waals surface area contributed by atoms with Gasteiger partial charge in [0, 0.05) is 18.0 Å². The molecule has 0 unspecified atom stereocenters. The Labute approximate surface area is 191 Å². The third kappa shape index (κ3) is 4.83. The van der Waals surface area contributed by atoms with Crippen molar-refractivity contribution in [2.45, 2.75) is 12.4 Å². The second kappa shape index (κ2) is 9.47. The van der Waals surface area contributed by atoms with Crippen LogP contribution in [0, 0.1) is 6.92 Å². The van der Waals surface area contributed by atoms with E-state index in [0.717, 1.165) is 25.3 Å². The summed E-state index contributed by atoms with van der Waals surface area (Å²) in [5, 5.41) is 0. The molecule has 0 aliphatic carbocycles. The molecule has 0 aliphatic rings. The Bertz CT molecular complexity index is 1330. The highest BCUT2D eigenvalue weighted by molar-refractivity contribution is 7.94. The molecular weight excluding hydrogens is 479 g/mol. The average molecular weight is 495 g/mol. The Hall–Kier alpha value is -4.00. The topological polar surface area (TPSA) is 116 Å². The van der Waals surface area contributed by atoms with Crippen molar-refractivity contribution in [3.63, 3.8) is 0 Å². The molecule has 2 aromatic carbocycles. The van der Waals surface area contributed by atoms with Gasteiger partial charge in [0.2, 0.25) is 0 Å². The fourth-order valence-corrected chi connectivity index (χ4v) is 3.79. The third-order valence-electron chi connectivity index (χ3n) is 4.44. The molecule has 0 atom stereocenters. The second-order valence-electron chi connectivity index (χ2n) is 6.64. The average Bonchev–Trinajstić information content (AvgIpc) is 2.79. The number of methoxy groups -OCH3 is 1. The molecule has 0 radical (unpaired) electrons. The Kier molecular flexibility index (Phi) is 6.86. The number of nitrogens with zero attached hydrogens (tertiary/aromatic N) is 3. The molecular formula is C21H16F3N3O6S. The summed E-state index contributed by atoms with van der Waals surface area (Å²) in [4.78, 5) is 33.2. The minimum Gasteiger partial charge on any atom is -0.465 e. The maximum atomic E-state index is 13.6. The van der Waals surface area contributed by atoms with Gasteiger partial charge in [-0.3, -0.25) is 4.79 Å². The van der Waals surface area contributed by atoms with Gasteiger partial charge in [-0.15, -0.1) is 0 Å². The molecule has 178 valence electrons. The maximum Gasteiger partial charge on any atom is 0.517 e. The highest BCUT2D eigenvalue weighted by atomic mass is 32.2. The molecule has 0 N–H and O–H groups in total. The first-order valence-corrected chi connectivity index (χ1v) is 10.8. The molecule has 0 saturated carbocycles. The largest absolute Gasteiger partial charge is 0.517 e. The number of anilines is 1. The monoisotopic (exact) mass is 495 g/mol. The van der Waals surface area contributed by atoms with Crippen LogP contribution in [0.4, 0.5) is 18.9 Å². The molecule has 0 fully saturated rings. The van der Waals surface area contributed by atoms with Gasteiger partial charge in [-0.05, 0) is 42.8 Å². The lowest BCUT2D eigenvalue weighted by molar-refractivity contribution is -0.0437. The molecule has 1 aromatic heterocycles. The van der Waals surface area contributed by atoms with Gasteiger partial charge in [-0.2, -0.15) is 25.9 Å². The Morgan fingerprint density at radius 3 is 2.21 bits per heavy atom. The van der Waals surface area contributed by atoms with Gasteiger partial charge >= 0.3 is 27.5 Å². The molecule has 0 spiro atoms. The summed E-state index contributed by atoms with van der Waals surface area (Å²) in [7, 11) is -5.34. The van der Waals surface area contributed by atoms with Gasteiger partial charge < -0.3 is 9.47 Å². The number of sulfonamides is 1. The first kappa shape index (κ1) is 24.6. The minimum absolute atomic E-state index is 0.122. The van der Waals surface area contributed by atoms with Crippen LogP contribution in [0.5, 0.6) is 11.8 Å². The highest BCUT2D eigenvalue weighted by Gasteiger charge is 2.53. The number of amides is 1. The van der Waals surface area contributed by atoms with E-state index < -0.39 is 43.0 Å². The van der Waals surface area contributed by atoms with Gasteiger partial charge in [-0.1, -0.05) is 18.2 Å². The smallest absolute Gasteiger partial charge is 0.465 e. The number of halogens is 3. The van der Waals surface area contributed by atoms with E-state index in [2.05, 4.69) is 14.7 Å². The van der Waals surface area contributed by atoms with Crippen molar-refractivity contribution in [3.8, 4) is 11.8 Å². The number of alkyl halides is 3. The van der Waals surface area contributed by atoms with Crippen LogP contribution in [0.25, 0.3) is 0 Å². The lowest BCUT2D eigenvalue weighted by atomic mass is 10.1. The van der Waals surface area contributed by atoms with E-state index in [1.54, 1.807) is 0 Å². The van der Waals surface area contributed by atoms with E-state index in [1.807, 2.05) is 0 Å². The van der Waals surface area contributed by atoms with Crippen LogP contribution in [0.3, 0.4) is 0 Å². The zero-order chi connectivity index (χ0) is 25.1. The molecule has 3 rings (SSSR count). The standard InChI is InChI=1S/C21H16F3N3O6S/c1-13-6-3-4-7-15(13)18(28)27(34(30,31)21(22,23)24)17-9-8-14(12-16(17)19(29)32-2)33-20-25-10-5-11-26-20/h3-12H,1-2H3. The van der Waals surface area contributed by atoms with Gasteiger partial charge in [0.05, 0.1) is 18.4 Å². The van der Waals surface area contributed by atoms with Crippen molar-refractivity contribution in [2.24, 2.45) is 0 Å². The van der Waals surface area contributed by atoms with Gasteiger partial charge in [0.15, 0.2) is 0 Å². The molecule has 0 bridgehead atoms. The predicted octanol–water partition coefficient (Wildman–Crippen LogP) is 3.86. The van der Waals surface area contributed by atoms with Crippen molar-refractivity contribution in [1.82, 2.24) is 9.97 Å². The lowest BCUT2D eigenvalue weighted by Crippen LogP contribution is -2.45. The van der Waals surface area contributed by atoms with Crippen LogP contribution in [0.1, 0.15) is 26.3 Å². The molecule has 3 aromatic rings. The third-order valence-corrected chi connectivity index (χ3v) is 5.86. The Balaban J connectivity index is 2.23. The highest BCUT2D eigenvalue weighted by Crippen LogP contribution is 2.36. The van der Waals surface area contributed by atoms with E-state index in [9.17, 15) is 31.2 Å². The molecule has 0 aliphatic heterocycles. The number of aryl methyl sites for hydroxylation is 1. The van der Waals surface area contributed by atoms with E-state index in [4.69, 9.17) is 4.74 Å². The normalized spacial score (nSPS) is 11.6. The zero-order valence-corrected chi connectivity index (χ0v) is 18.4. The Morgan fingerprint density at radius 1 is 0.971 bits per heavy atom. The number of carbonyl (C=O) groups excluding carboxylic acids is 2. The van der Waals surface area contributed by atoms with Gasteiger partial charge in [0.1, 0.15) is 5.75 Å². The van der Waals surface area contributed by atoms with Crippen molar-refractivity contribution in [2.75, 3.05) is 11.4 Å². The first-order valence-electron chi connectivity index (χ1n) is 9.36. The van der Waals surface area contributed by atoms with Gasteiger partial charge in [-0.25, -0.2) is 14.8 Å². The van der Waals surface area contributed by atoms with E-state index >= 15 is 0 Å².